The first-order valence-corrected chi connectivity index (χ1v) is 17.2. The Bertz CT molecular complexity index is 2180. The van der Waals surface area contributed by atoms with E-state index >= 15 is 0 Å². The largest absolute Gasteiger partial charge is 0.465 e. The first kappa shape index (κ1) is 31.5. The monoisotopic (exact) mass is 665 g/mol. The number of fused-ring (bicyclic) bond motifs is 2. The highest BCUT2D eigenvalue weighted by Gasteiger charge is 2.33. The molecule has 0 aliphatic carbocycles. The molecule has 2 aromatic carbocycles. The van der Waals surface area contributed by atoms with Gasteiger partial charge in [0.1, 0.15) is 0 Å². The SMILES string of the molecule is Cc1ccc(S(=O)(=O)n2cc(-c3ccc(C(=O)N(C)C)cn3)c3cc(-c4cc5c(c([C@@H]6CCCN6C(=O)O)c4)COCC5)cnc32)cc1. The van der Waals surface area contributed by atoms with Crippen LogP contribution in [-0.2, 0) is 27.8 Å². The summed E-state index contributed by atoms with van der Waals surface area (Å²) in [5.41, 5.74) is 7.29. The minimum Gasteiger partial charge on any atom is -0.465 e. The first-order chi connectivity index (χ1) is 23.0. The molecule has 12 heteroatoms. The van der Waals surface area contributed by atoms with Gasteiger partial charge in [-0.2, -0.15) is 0 Å². The summed E-state index contributed by atoms with van der Waals surface area (Å²) in [5, 5.41) is 10.5. The molecule has 1 fully saturated rings. The van der Waals surface area contributed by atoms with Gasteiger partial charge in [-0.25, -0.2) is 22.2 Å². The first-order valence-electron chi connectivity index (χ1n) is 15.8. The molecule has 11 nitrogen and oxygen atoms in total. The molecule has 1 atom stereocenters. The molecule has 3 aromatic heterocycles. The van der Waals surface area contributed by atoms with E-state index in [-0.39, 0.29) is 22.5 Å². The van der Waals surface area contributed by atoms with Crippen LogP contribution in [-0.4, -0.2) is 76.5 Å². The highest BCUT2D eigenvalue weighted by molar-refractivity contribution is 7.90. The van der Waals surface area contributed by atoms with Crippen LogP contribution in [0, 0.1) is 6.92 Å². The number of carbonyl (C=O) groups is 2. The van der Waals surface area contributed by atoms with Crippen LogP contribution in [0.1, 0.15) is 51.5 Å². The number of nitrogens with zero attached hydrogens (tertiary/aromatic N) is 5. The molecule has 0 radical (unpaired) electrons. The number of likely N-dealkylation sites (tertiary alicyclic amines) is 1. The predicted molar refractivity (Wildman–Crippen MR) is 180 cm³/mol. The lowest BCUT2D eigenvalue weighted by atomic mass is 9.88. The fraction of sp³-hybridized carbons (Fsp3) is 0.278. The lowest BCUT2D eigenvalue weighted by molar-refractivity contribution is 0.0827. The van der Waals surface area contributed by atoms with Crippen molar-refractivity contribution in [2.24, 2.45) is 0 Å². The second-order valence-electron chi connectivity index (χ2n) is 12.5. The van der Waals surface area contributed by atoms with Gasteiger partial charge < -0.3 is 19.6 Å². The van der Waals surface area contributed by atoms with Crippen LogP contribution >= 0.6 is 0 Å². The van der Waals surface area contributed by atoms with Crippen LogP contribution in [0.15, 0.2) is 78.1 Å². The molecule has 2 amide bonds. The van der Waals surface area contributed by atoms with Gasteiger partial charge >= 0.3 is 6.09 Å². The van der Waals surface area contributed by atoms with Crippen molar-refractivity contribution in [1.29, 1.82) is 0 Å². The Kier molecular flexibility index (Phi) is 8.00. The molecule has 0 bridgehead atoms. The normalized spacial score (nSPS) is 16.2. The summed E-state index contributed by atoms with van der Waals surface area (Å²) in [7, 11) is -0.704. The highest BCUT2D eigenvalue weighted by atomic mass is 32.2. The number of hydrogen-bond acceptors (Lipinski definition) is 7. The van der Waals surface area contributed by atoms with E-state index in [1.165, 1.54) is 26.2 Å². The van der Waals surface area contributed by atoms with Gasteiger partial charge in [-0.3, -0.25) is 9.78 Å². The van der Waals surface area contributed by atoms with Crippen LogP contribution < -0.4 is 0 Å². The van der Waals surface area contributed by atoms with E-state index in [0.717, 1.165) is 46.2 Å². The molecule has 48 heavy (non-hydrogen) atoms. The van der Waals surface area contributed by atoms with Gasteiger partial charge in [-0.05, 0) is 84.8 Å². The molecule has 246 valence electrons. The van der Waals surface area contributed by atoms with Crippen LogP contribution in [0.4, 0.5) is 4.79 Å². The van der Waals surface area contributed by atoms with Crippen LogP contribution in [0.25, 0.3) is 33.4 Å². The molecule has 0 saturated carbocycles. The van der Waals surface area contributed by atoms with E-state index in [4.69, 9.17) is 9.72 Å². The Morgan fingerprint density at radius 1 is 1.00 bits per heavy atom. The second-order valence-corrected chi connectivity index (χ2v) is 14.3. The average Bonchev–Trinajstić information content (AvgIpc) is 3.74. The number of benzene rings is 2. The van der Waals surface area contributed by atoms with E-state index in [0.29, 0.717) is 48.4 Å². The number of ether oxygens (including phenoxy) is 1. The van der Waals surface area contributed by atoms with Crippen molar-refractivity contribution in [3.05, 3.63) is 101 Å². The summed E-state index contributed by atoms with van der Waals surface area (Å²) >= 11 is 0. The van der Waals surface area contributed by atoms with Gasteiger partial charge in [0, 0.05) is 55.7 Å². The number of aromatic nitrogens is 3. The molecule has 1 saturated heterocycles. The maximum Gasteiger partial charge on any atom is 0.407 e. The molecule has 5 heterocycles. The van der Waals surface area contributed by atoms with Gasteiger partial charge in [-0.15, -0.1) is 0 Å². The Morgan fingerprint density at radius 3 is 2.50 bits per heavy atom. The maximum atomic E-state index is 14.0. The van der Waals surface area contributed by atoms with E-state index in [1.807, 2.05) is 19.1 Å². The topological polar surface area (TPSA) is 135 Å². The number of aryl methyl sites for hydroxylation is 1. The third-order valence-electron chi connectivity index (χ3n) is 9.21. The third kappa shape index (κ3) is 5.50. The van der Waals surface area contributed by atoms with Crippen molar-refractivity contribution in [3.63, 3.8) is 0 Å². The van der Waals surface area contributed by atoms with Gasteiger partial charge in [0.05, 0.1) is 35.4 Å². The molecule has 2 aliphatic rings. The van der Waals surface area contributed by atoms with E-state index in [9.17, 15) is 23.1 Å². The van der Waals surface area contributed by atoms with Gasteiger partial charge in [0.2, 0.25) is 0 Å². The molecule has 2 aliphatic heterocycles. The van der Waals surface area contributed by atoms with Gasteiger partial charge in [0.15, 0.2) is 5.65 Å². The zero-order valence-corrected chi connectivity index (χ0v) is 27.7. The van der Waals surface area contributed by atoms with Gasteiger partial charge in [-0.1, -0.05) is 23.8 Å². The van der Waals surface area contributed by atoms with Gasteiger partial charge in [0.25, 0.3) is 15.9 Å². The number of hydrogen-bond donors (Lipinski definition) is 1. The maximum absolute atomic E-state index is 14.0. The summed E-state index contributed by atoms with van der Waals surface area (Å²) in [6.45, 7) is 3.37. The number of pyridine rings is 2. The molecular weight excluding hydrogens is 630 g/mol. The number of carbonyl (C=O) groups excluding carboxylic acids is 1. The minimum atomic E-state index is -4.03. The Balaban J connectivity index is 1.41. The van der Waals surface area contributed by atoms with Crippen LogP contribution in [0.3, 0.4) is 0 Å². The average molecular weight is 666 g/mol. The molecule has 5 aromatic rings. The van der Waals surface area contributed by atoms with Crippen molar-refractivity contribution < 1.29 is 27.9 Å². The van der Waals surface area contributed by atoms with Crippen LogP contribution in [0.2, 0.25) is 0 Å². The van der Waals surface area contributed by atoms with Crippen molar-refractivity contribution in [3.8, 4) is 22.4 Å². The third-order valence-corrected chi connectivity index (χ3v) is 10.9. The lowest BCUT2D eigenvalue weighted by Crippen LogP contribution is -2.30. The summed E-state index contributed by atoms with van der Waals surface area (Å²) in [5.74, 6) is -0.195. The molecular formula is C36H35N5O6S. The second kappa shape index (κ2) is 12.2. The fourth-order valence-electron chi connectivity index (χ4n) is 6.68. The minimum absolute atomic E-state index is 0.128. The number of rotatable bonds is 6. The van der Waals surface area contributed by atoms with Crippen molar-refractivity contribution in [1.82, 2.24) is 23.7 Å². The highest BCUT2D eigenvalue weighted by Crippen LogP contribution is 2.40. The van der Waals surface area contributed by atoms with E-state index < -0.39 is 16.1 Å². The molecule has 7 rings (SSSR count). The van der Waals surface area contributed by atoms with E-state index in [1.54, 1.807) is 56.7 Å². The Hall–Kier alpha value is -5.07. The van der Waals surface area contributed by atoms with Crippen molar-refractivity contribution >= 4 is 33.1 Å². The fourth-order valence-corrected chi connectivity index (χ4v) is 8.01. The summed E-state index contributed by atoms with van der Waals surface area (Å²) < 4.78 is 35.0. The summed E-state index contributed by atoms with van der Waals surface area (Å²) in [4.78, 5) is 37.1. The summed E-state index contributed by atoms with van der Waals surface area (Å²) in [6, 6.07) is 15.8. The Labute approximate surface area is 278 Å². The molecule has 0 spiro atoms. The van der Waals surface area contributed by atoms with Crippen molar-refractivity contribution in [2.75, 3.05) is 27.2 Å². The van der Waals surface area contributed by atoms with E-state index in [2.05, 4.69) is 11.1 Å². The number of carboxylic acid groups (broad SMARTS) is 1. The molecule has 1 N–H and O–H groups in total. The summed E-state index contributed by atoms with van der Waals surface area (Å²) in [6.07, 6.45) is 5.94. The van der Waals surface area contributed by atoms with Crippen LogP contribution in [0.5, 0.6) is 0 Å². The zero-order valence-electron chi connectivity index (χ0n) is 26.9. The smallest absolute Gasteiger partial charge is 0.407 e. The lowest BCUT2D eigenvalue weighted by Gasteiger charge is -2.28. The standard InChI is InChI=1S/C36H35N5O6S/c1-22-6-9-27(10-7-22)48(45,46)41-20-30(32-11-8-24(18-37-32)35(42)39(2)3)29-17-26(19-38-34(29)41)25-15-23-12-14-47-21-31(23)28(16-25)33-5-4-13-40(33)36(43)44/h6-11,15-20,33H,4-5,12-14,21H2,1-3H3,(H,43,44)/t33-/m0/s1. The predicted octanol–water partition coefficient (Wildman–Crippen LogP) is 5.90. The Morgan fingerprint density at radius 2 is 1.79 bits per heavy atom. The number of amides is 2. The quantitative estimate of drug-likeness (QED) is 0.237. The van der Waals surface area contributed by atoms with Crippen molar-refractivity contribution in [2.45, 2.75) is 43.7 Å². The zero-order chi connectivity index (χ0) is 33.7. The molecule has 0 unspecified atom stereocenters.